The van der Waals surface area contributed by atoms with Crippen molar-refractivity contribution in [2.24, 2.45) is 0 Å². The fourth-order valence-electron chi connectivity index (χ4n) is 1.33. The Labute approximate surface area is 85.2 Å². The van der Waals surface area contributed by atoms with E-state index in [9.17, 15) is 0 Å². The zero-order valence-corrected chi connectivity index (χ0v) is 9.12. The van der Waals surface area contributed by atoms with E-state index < -0.39 is 0 Å². The highest BCUT2D eigenvalue weighted by molar-refractivity contribution is 5.47. The van der Waals surface area contributed by atoms with Crippen LogP contribution in [0.15, 0.2) is 6.20 Å². The van der Waals surface area contributed by atoms with Crippen molar-refractivity contribution in [1.29, 1.82) is 0 Å². The van der Waals surface area contributed by atoms with Crippen LogP contribution >= 0.6 is 0 Å². The molecule has 0 fully saturated rings. The van der Waals surface area contributed by atoms with Crippen molar-refractivity contribution in [3.05, 3.63) is 11.8 Å². The maximum atomic E-state index is 5.55. The molecule has 1 heterocycles. The van der Waals surface area contributed by atoms with E-state index in [0.29, 0.717) is 5.95 Å². The highest BCUT2D eigenvalue weighted by Gasteiger charge is 2.06. The predicted molar refractivity (Wildman–Crippen MR) is 59.4 cm³/mol. The molecule has 0 aliphatic rings. The molecule has 0 spiro atoms. The van der Waals surface area contributed by atoms with E-state index in [1.807, 2.05) is 14.0 Å². The Balaban J connectivity index is 2.77. The number of aromatic nitrogens is 2. The first-order valence-electron chi connectivity index (χ1n) is 4.95. The molecular formula is C10H18N4. The van der Waals surface area contributed by atoms with E-state index in [1.54, 1.807) is 6.20 Å². The van der Waals surface area contributed by atoms with Crippen LogP contribution in [0.2, 0.25) is 0 Å². The van der Waals surface area contributed by atoms with Crippen LogP contribution in [0.25, 0.3) is 0 Å². The van der Waals surface area contributed by atoms with Gasteiger partial charge in [-0.15, -0.1) is 0 Å². The summed E-state index contributed by atoms with van der Waals surface area (Å²) in [4.78, 5) is 10.3. The molecule has 1 aromatic rings. The van der Waals surface area contributed by atoms with Gasteiger partial charge in [-0.25, -0.2) is 4.98 Å². The molecular weight excluding hydrogens is 176 g/mol. The predicted octanol–water partition coefficient (Wildman–Crippen LogP) is 1.60. The Morgan fingerprint density at radius 3 is 2.86 bits per heavy atom. The molecule has 14 heavy (non-hydrogen) atoms. The number of hydrogen-bond acceptors (Lipinski definition) is 4. The van der Waals surface area contributed by atoms with Crippen LogP contribution in [-0.2, 0) is 0 Å². The minimum Gasteiger partial charge on any atom is -0.368 e. The van der Waals surface area contributed by atoms with Gasteiger partial charge in [0.15, 0.2) is 0 Å². The number of aryl methyl sites for hydroxylation is 1. The molecule has 0 amide bonds. The first kappa shape index (κ1) is 10.8. The summed E-state index contributed by atoms with van der Waals surface area (Å²) in [7, 11) is 2.03. The fraction of sp³-hybridized carbons (Fsp3) is 0.600. The van der Waals surface area contributed by atoms with Gasteiger partial charge in [-0.05, 0) is 13.3 Å². The summed E-state index contributed by atoms with van der Waals surface area (Å²) < 4.78 is 0. The third-order valence-electron chi connectivity index (χ3n) is 2.17. The first-order valence-corrected chi connectivity index (χ1v) is 4.95. The lowest BCUT2D eigenvalue weighted by molar-refractivity contribution is 0.756. The van der Waals surface area contributed by atoms with Crippen LogP contribution in [0.3, 0.4) is 0 Å². The second-order valence-corrected chi connectivity index (χ2v) is 3.51. The van der Waals surface area contributed by atoms with Gasteiger partial charge in [0.2, 0.25) is 5.95 Å². The van der Waals surface area contributed by atoms with Gasteiger partial charge in [-0.1, -0.05) is 13.3 Å². The summed E-state index contributed by atoms with van der Waals surface area (Å²) in [6.45, 7) is 5.18. The lowest BCUT2D eigenvalue weighted by Crippen LogP contribution is -2.21. The maximum absolute atomic E-state index is 5.55. The SMILES string of the molecule is CCCCN(C)c1nc(N)ncc1C. The number of hydrogen-bond donors (Lipinski definition) is 1. The molecule has 0 aliphatic heterocycles. The van der Waals surface area contributed by atoms with Crippen molar-refractivity contribution >= 4 is 11.8 Å². The van der Waals surface area contributed by atoms with Crippen molar-refractivity contribution in [2.45, 2.75) is 26.7 Å². The number of nitrogen functional groups attached to an aromatic ring is 1. The van der Waals surface area contributed by atoms with Crippen LogP contribution in [0, 0.1) is 6.92 Å². The standard InChI is InChI=1S/C10H18N4/c1-4-5-6-14(3)9-8(2)7-12-10(11)13-9/h7H,4-6H2,1-3H3,(H2,11,12,13). The third-order valence-corrected chi connectivity index (χ3v) is 2.17. The summed E-state index contributed by atoms with van der Waals surface area (Å²) >= 11 is 0. The van der Waals surface area contributed by atoms with E-state index in [1.165, 1.54) is 12.8 Å². The molecule has 0 unspecified atom stereocenters. The van der Waals surface area contributed by atoms with E-state index in [0.717, 1.165) is 17.9 Å². The molecule has 4 nitrogen and oxygen atoms in total. The van der Waals surface area contributed by atoms with Crippen LogP contribution < -0.4 is 10.6 Å². The lowest BCUT2D eigenvalue weighted by atomic mass is 10.3. The molecule has 0 saturated carbocycles. The molecule has 1 rings (SSSR count). The topological polar surface area (TPSA) is 55.0 Å². The average Bonchev–Trinajstić information content (AvgIpc) is 2.18. The number of rotatable bonds is 4. The van der Waals surface area contributed by atoms with E-state index in [4.69, 9.17) is 5.73 Å². The average molecular weight is 194 g/mol. The smallest absolute Gasteiger partial charge is 0.221 e. The zero-order chi connectivity index (χ0) is 10.6. The largest absolute Gasteiger partial charge is 0.368 e. The molecule has 0 aromatic carbocycles. The molecule has 0 aliphatic carbocycles. The van der Waals surface area contributed by atoms with E-state index in [2.05, 4.69) is 21.8 Å². The number of nitrogens with zero attached hydrogens (tertiary/aromatic N) is 3. The summed E-state index contributed by atoms with van der Waals surface area (Å²) in [6.07, 6.45) is 4.11. The second-order valence-electron chi connectivity index (χ2n) is 3.51. The number of nitrogens with two attached hydrogens (primary N) is 1. The highest BCUT2D eigenvalue weighted by Crippen LogP contribution is 2.15. The summed E-state index contributed by atoms with van der Waals surface area (Å²) in [5, 5.41) is 0. The second kappa shape index (κ2) is 4.79. The molecule has 0 saturated heterocycles. The first-order chi connectivity index (χ1) is 6.65. The van der Waals surface area contributed by atoms with Crippen molar-refractivity contribution in [2.75, 3.05) is 24.2 Å². The quantitative estimate of drug-likeness (QED) is 0.791. The lowest BCUT2D eigenvalue weighted by Gasteiger charge is -2.19. The fourth-order valence-corrected chi connectivity index (χ4v) is 1.33. The van der Waals surface area contributed by atoms with Gasteiger partial charge in [-0.3, -0.25) is 0 Å². The van der Waals surface area contributed by atoms with Gasteiger partial charge >= 0.3 is 0 Å². The number of unbranched alkanes of at least 4 members (excludes halogenated alkanes) is 1. The zero-order valence-electron chi connectivity index (χ0n) is 9.12. The van der Waals surface area contributed by atoms with Crippen molar-refractivity contribution < 1.29 is 0 Å². The van der Waals surface area contributed by atoms with Gasteiger partial charge in [0.1, 0.15) is 5.82 Å². The van der Waals surface area contributed by atoms with Gasteiger partial charge < -0.3 is 10.6 Å². The monoisotopic (exact) mass is 194 g/mol. The molecule has 0 atom stereocenters. The minimum absolute atomic E-state index is 0.342. The Morgan fingerprint density at radius 2 is 2.21 bits per heavy atom. The van der Waals surface area contributed by atoms with Gasteiger partial charge in [0, 0.05) is 25.4 Å². The van der Waals surface area contributed by atoms with Crippen LogP contribution in [0.1, 0.15) is 25.3 Å². The normalized spacial score (nSPS) is 10.2. The molecule has 78 valence electrons. The van der Waals surface area contributed by atoms with Gasteiger partial charge in [0.25, 0.3) is 0 Å². The molecule has 0 bridgehead atoms. The van der Waals surface area contributed by atoms with Crippen molar-refractivity contribution in [1.82, 2.24) is 9.97 Å². The van der Waals surface area contributed by atoms with Gasteiger partial charge in [0.05, 0.1) is 0 Å². The Kier molecular flexibility index (Phi) is 3.68. The van der Waals surface area contributed by atoms with Crippen LogP contribution in [-0.4, -0.2) is 23.6 Å². The molecule has 2 N–H and O–H groups in total. The third kappa shape index (κ3) is 2.58. The van der Waals surface area contributed by atoms with Crippen LogP contribution in [0.4, 0.5) is 11.8 Å². The van der Waals surface area contributed by atoms with Crippen molar-refractivity contribution in [3.8, 4) is 0 Å². The molecule has 4 heteroatoms. The van der Waals surface area contributed by atoms with Gasteiger partial charge in [-0.2, -0.15) is 4.98 Å². The Bertz CT molecular complexity index is 298. The highest BCUT2D eigenvalue weighted by atomic mass is 15.2. The summed E-state index contributed by atoms with van der Waals surface area (Å²) in [5.74, 6) is 1.28. The maximum Gasteiger partial charge on any atom is 0.221 e. The number of anilines is 2. The molecule has 0 radical (unpaired) electrons. The summed E-state index contributed by atoms with van der Waals surface area (Å²) in [5.41, 5.74) is 6.61. The van der Waals surface area contributed by atoms with Crippen molar-refractivity contribution in [3.63, 3.8) is 0 Å². The van der Waals surface area contributed by atoms with Crippen LogP contribution in [0.5, 0.6) is 0 Å². The van der Waals surface area contributed by atoms with E-state index >= 15 is 0 Å². The molecule has 1 aromatic heterocycles. The Hall–Kier alpha value is -1.32. The van der Waals surface area contributed by atoms with E-state index in [-0.39, 0.29) is 0 Å². The summed E-state index contributed by atoms with van der Waals surface area (Å²) in [6, 6.07) is 0. The Morgan fingerprint density at radius 1 is 1.50 bits per heavy atom. The minimum atomic E-state index is 0.342.